The van der Waals surface area contributed by atoms with E-state index in [0.717, 1.165) is 35.8 Å². The number of hydrogen-bond acceptors (Lipinski definition) is 7. The van der Waals surface area contributed by atoms with Gasteiger partial charge in [0.05, 0.1) is 12.4 Å². The van der Waals surface area contributed by atoms with Gasteiger partial charge in [-0.15, -0.1) is 0 Å². The third-order valence-electron chi connectivity index (χ3n) is 5.61. The van der Waals surface area contributed by atoms with Crippen molar-refractivity contribution in [2.45, 2.75) is 64.3 Å². The van der Waals surface area contributed by atoms with Crippen LogP contribution in [0.25, 0.3) is 11.1 Å². The first-order chi connectivity index (χ1) is 16.8. The number of ether oxygens (including phenoxy) is 1. The molecule has 0 unspecified atom stereocenters. The first kappa shape index (κ1) is 27.5. The van der Waals surface area contributed by atoms with Crippen LogP contribution in [0, 0.1) is 0 Å². The molecule has 9 nitrogen and oxygen atoms in total. The lowest BCUT2D eigenvalue weighted by molar-refractivity contribution is -0.128. The molecule has 3 N–H and O–H groups in total. The SMILES string of the molecule is CC(C)(C)OC(=O)N1CCCC[C@H]1C(=O)N[C@H](N)Cc1ccc(-c2ccc(OS(C)(=O)=O)cc2)cc1. The van der Waals surface area contributed by atoms with Crippen molar-refractivity contribution in [3.63, 3.8) is 0 Å². The molecule has 1 aliphatic rings. The molecule has 36 heavy (non-hydrogen) atoms. The van der Waals surface area contributed by atoms with Crippen molar-refractivity contribution in [2.75, 3.05) is 12.8 Å². The van der Waals surface area contributed by atoms with E-state index < -0.39 is 34.0 Å². The largest absolute Gasteiger partial charge is 0.444 e. The minimum absolute atomic E-state index is 0.253. The number of nitrogens with two attached hydrogens (primary N) is 1. The van der Waals surface area contributed by atoms with Gasteiger partial charge in [0.15, 0.2) is 0 Å². The molecule has 0 bridgehead atoms. The topological polar surface area (TPSA) is 128 Å². The molecule has 1 saturated heterocycles. The number of hydrogen-bond donors (Lipinski definition) is 2. The Morgan fingerprint density at radius 1 is 1.06 bits per heavy atom. The molecule has 1 heterocycles. The number of likely N-dealkylation sites (tertiary alicyclic amines) is 1. The second-order valence-corrected chi connectivity index (χ2v) is 11.6. The second kappa shape index (κ2) is 11.3. The number of rotatable bonds is 7. The van der Waals surface area contributed by atoms with E-state index in [4.69, 9.17) is 14.7 Å². The molecule has 0 saturated carbocycles. The smallest absolute Gasteiger partial charge is 0.410 e. The quantitative estimate of drug-likeness (QED) is 0.425. The van der Waals surface area contributed by atoms with Gasteiger partial charge in [-0.1, -0.05) is 36.4 Å². The molecule has 1 aliphatic heterocycles. The van der Waals surface area contributed by atoms with E-state index in [2.05, 4.69) is 5.32 Å². The van der Waals surface area contributed by atoms with Crippen molar-refractivity contribution in [3.8, 4) is 16.9 Å². The van der Waals surface area contributed by atoms with Crippen molar-refractivity contribution < 1.29 is 26.9 Å². The minimum Gasteiger partial charge on any atom is -0.444 e. The summed E-state index contributed by atoms with van der Waals surface area (Å²) in [5.74, 6) is -0.0242. The second-order valence-electron chi connectivity index (χ2n) is 10.0. The monoisotopic (exact) mass is 517 g/mol. The highest BCUT2D eigenvalue weighted by molar-refractivity contribution is 7.86. The van der Waals surface area contributed by atoms with Crippen molar-refractivity contribution in [1.82, 2.24) is 10.2 Å². The molecule has 2 atom stereocenters. The summed E-state index contributed by atoms with van der Waals surface area (Å²) in [7, 11) is -3.57. The van der Waals surface area contributed by atoms with Crippen LogP contribution in [-0.2, 0) is 26.1 Å². The Bertz CT molecular complexity index is 1160. The number of amides is 2. The maximum absolute atomic E-state index is 12.9. The van der Waals surface area contributed by atoms with Crippen LogP contribution in [0.1, 0.15) is 45.6 Å². The Labute approximate surface area is 213 Å². The third-order valence-corrected chi connectivity index (χ3v) is 6.10. The zero-order valence-electron chi connectivity index (χ0n) is 21.2. The summed E-state index contributed by atoms with van der Waals surface area (Å²) in [6.07, 6.45) is 2.58. The minimum atomic E-state index is -3.57. The molecular formula is C26H35N3O6S. The van der Waals surface area contributed by atoms with Crippen LogP contribution in [0.3, 0.4) is 0 Å². The van der Waals surface area contributed by atoms with Crippen LogP contribution < -0.4 is 15.2 Å². The van der Waals surface area contributed by atoms with Gasteiger partial charge < -0.3 is 20.0 Å². The Morgan fingerprint density at radius 3 is 2.19 bits per heavy atom. The van der Waals surface area contributed by atoms with Crippen molar-refractivity contribution in [3.05, 3.63) is 54.1 Å². The van der Waals surface area contributed by atoms with Crippen LogP contribution in [-0.4, -0.2) is 55.9 Å². The summed E-state index contributed by atoms with van der Waals surface area (Å²) in [4.78, 5) is 27.0. The maximum Gasteiger partial charge on any atom is 0.410 e. The molecule has 1 fully saturated rings. The van der Waals surface area contributed by atoms with Gasteiger partial charge in [-0.05, 0) is 68.9 Å². The highest BCUT2D eigenvalue weighted by Gasteiger charge is 2.35. The predicted octanol–water partition coefficient (Wildman–Crippen LogP) is 3.43. The molecule has 2 aromatic carbocycles. The Balaban J connectivity index is 1.58. The lowest BCUT2D eigenvalue weighted by Crippen LogP contribution is -2.56. The molecule has 196 valence electrons. The Morgan fingerprint density at radius 2 is 1.64 bits per heavy atom. The fourth-order valence-electron chi connectivity index (χ4n) is 4.04. The van der Waals surface area contributed by atoms with Crippen LogP contribution >= 0.6 is 0 Å². The number of piperidine rings is 1. The van der Waals surface area contributed by atoms with E-state index in [9.17, 15) is 18.0 Å². The Hall–Kier alpha value is -3.11. The van der Waals surface area contributed by atoms with Gasteiger partial charge in [0.2, 0.25) is 5.91 Å². The third kappa shape index (κ3) is 8.23. The maximum atomic E-state index is 12.9. The van der Waals surface area contributed by atoms with Gasteiger partial charge in [0, 0.05) is 13.0 Å². The molecule has 10 heteroatoms. The van der Waals surface area contributed by atoms with Crippen LogP contribution in [0.2, 0.25) is 0 Å². The lowest BCUT2D eigenvalue weighted by atomic mass is 10.0. The zero-order chi connectivity index (χ0) is 26.5. The fraction of sp³-hybridized carbons (Fsp3) is 0.462. The van der Waals surface area contributed by atoms with Gasteiger partial charge in [0.25, 0.3) is 0 Å². The van der Waals surface area contributed by atoms with Crippen LogP contribution in [0.5, 0.6) is 5.75 Å². The average Bonchev–Trinajstić information content (AvgIpc) is 2.78. The number of carbonyl (C=O) groups excluding carboxylic acids is 2. The summed E-state index contributed by atoms with van der Waals surface area (Å²) < 4.78 is 32.8. The van der Waals surface area contributed by atoms with Gasteiger partial charge in [-0.2, -0.15) is 8.42 Å². The summed E-state index contributed by atoms with van der Waals surface area (Å²) in [5, 5.41) is 2.84. The molecule has 0 radical (unpaired) electrons. The molecule has 0 aliphatic carbocycles. The summed E-state index contributed by atoms with van der Waals surface area (Å²) >= 11 is 0. The van der Waals surface area contributed by atoms with Crippen LogP contribution in [0.4, 0.5) is 4.79 Å². The van der Waals surface area contributed by atoms with Crippen molar-refractivity contribution in [2.24, 2.45) is 5.73 Å². The Kier molecular flexibility index (Phi) is 8.63. The molecule has 2 aromatic rings. The van der Waals surface area contributed by atoms with E-state index in [0.29, 0.717) is 19.4 Å². The molecule has 3 rings (SSSR count). The normalized spacial score (nSPS) is 17.2. The number of benzene rings is 2. The molecular weight excluding hydrogens is 482 g/mol. The first-order valence-corrected chi connectivity index (χ1v) is 13.8. The van der Waals surface area contributed by atoms with Gasteiger partial charge in [-0.3, -0.25) is 9.69 Å². The highest BCUT2D eigenvalue weighted by Crippen LogP contribution is 2.24. The average molecular weight is 518 g/mol. The van der Waals surface area contributed by atoms with Crippen LogP contribution in [0.15, 0.2) is 48.5 Å². The molecule has 0 aromatic heterocycles. The van der Waals surface area contributed by atoms with Crippen molar-refractivity contribution in [1.29, 1.82) is 0 Å². The van der Waals surface area contributed by atoms with Crippen molar-refractivity contribution >= 4 is 22.1 Å². The summed E-state index contributed by atoms with van der Waals surface area (Å²) in [6, 6.07) is 13.9. The summed E-state index contributed by atoms with van der Waals surface area (Å²) in [6.45, 7) is 5.87. The van der Waals surface area contributed by atoms with E-state index in [1.807, 2.05) is 24.3 Å². The number of nitrogens with one attached hydrogen (secondary N) is 1. The standard InChI is InChI=1S/C26H35N3O6S/c1-26(2,3)34-25(31)29-16-6-5-7-22(29)24(30)28-23(27)17-18-8-10-19(11-9-18)20-12-14-21(15-13-20)35-36(4,32)33/h8-15,22-23H,5-7,16-17,27H2,1-4H3,(H,28,30)/t22-,23-/m0/s1. The van der Waals surface area contributed by atoms with Gasteiger partial charge >= 0.3 is 16.2 Å². The van der Waals surface area contributed by atoms with E-state index in [1.165, 1.54) is 4.90 Å². The van der Waals surface area contributed by atoms with E-state index in [-0.39, 0.29) is 11.7 Å². The lowest BCUT2D eigenvalue weighted by Gasteiger charge is -2.36. The first-order valence-electron chi connectivity index (χ1n) is 12.0. The number of nitrogens with zero attached hydrogens (tertiary/aromatic N) is 1. The van der Waals surface area contributed by atoms with Gasteiger partial charge in [0.1, 0.15) is 17.4 Å². The predicted molar refractivity (Wildman–Crippen MR) is 138 cm³/mol. The zero-order valence-corrected chi connectivity index (χ0v) is 22.0. The molecule has 2 amide bonds. The molecule has 0 spiro atoms. The van der Waals surface area contributed by atoms with Gasteiger partial charge in [-0.25, -0.2) is 4.79 Å². The van der Waals surface area contributed by atoms with E-state index in [1.54, 1.807) is 45.0 Å². The number of carbonyl (C=O) groups is 2. The highest BCUT2D eigenvalue weighted by atomic mass is 32.2. The van der Waals surface area contributed by atoms with E-state index >= 15 is 0 Å². The fourth-order valence-corrected chi connectivity index (χ4v) is 4.50. The summed E-state index contributed by atoms with van der Waals surface area (Å²) in [5.41, 5.74) is 8.37.